The Bertz CT molecular complexity index is 1130. The van der Waals surface area contributed by atoms with E-state index in [4.69, 9.17) is 11.6 Å². The third kappa shape index (κ3) is 9.26. The van der Waals surface area contributed by atoms with Gasteiger partial charge in [0.1, 0.15) is 10.0 Å². The fourth-order valence-corrected chi connectivity index (χ4v) is 5.28. The molecule has 1 amide bonds. The summed E-state index contributed by atoms with van der Waals surface area (Å²) in [6.07, 6.45) is -0.212. The number of amides is 1. The highest BCUT2D eigenvalue weighted by molar-refractivity contribution is 7.91. The monoisotopic (exact) mass is 551 g/mol. The number of hydrazine groups is 1. The number of alkyl halides is 3. The average molecular weight is 552 g/mol. The van der Waals surface area contributed by atoms with Crippen molar-refractivity contribution >= 4 is 44.7 Å². The Hall–Kier alpha value is -2.45. The zero-order valence-corrected chi connectivity index (χ0v) is 21.0. The molecule has 0 bridgehead atoms. The van der Waals surface area contributed by atoms with E-state index in [9.17, 15) is 26.4 Å². The summed E-state index contributed by atoms with van der Waals surface area (Å²) >= 11 is 6.89. The number of thiophene rings is 1. The molecule has 2 heterocycles. The number of carbonyl (C=O) groups is 1. The molecule has 2 rings (SSSR count). The maximum Gasteiger partial charge on any atom is 0.417 e. The Morgan fingerprint density at radius 2 is 1.91 bits per heavy atom. The smallest absolute Gasteiger partial charge is 0.369 e. The van der Waals surface area contributed by atoms with Crippen molar-refractivity contribution in [1.82, 2.24) is 20.1 Å². The van der Waals surface area contributed by atoms with Crippen LogP contribution in [0.3, 0.4) is 0 Å². The van der Waals surface area contributed by atoms with E-state index in [1.54, 1.807) is 18.2 Å². The zero-order chi connectivity index (χ0) is 26.1. The SMILES string of the molecule is C=CCN(CC=C)Cc1ccc(S(=O)(=O)NNC(=O)CCCNc2ncc(C(F)(F)F)cc2Cl)s1. The van der Waals surface area contributed by atoms with Crippen LogP contribution in [0.5, 0.6) is 0 Å². The lowest BCUT2D eigenvalue weighted by Crippen LogP contribution is -2.41. The van der Waals surface area contributed by atoms with Gasteiger partial charge in [-0.25, -0.2) is 13.4 Å². The second kappa shape index (κ2) is 13.0. The van der Waals surface area contributed by atoms with E-state index in [1.165, 1.54) is 6.07 Å². The van der Waals surface area contributed by atoms with E-state index in [2.05, 4.69) is 33.7 Å². The minimum atomic E-state index is -4.55. The van der Waals surface area contributed by atoms with Gasteiger partial charge in [-0.2, -0.15) is 13.2 Å². The van der Waals surface area contributed by atoms with Gasteiger partial charge < -0.3 is 5.32 Å². The molecule has 35 heavy (non-hydrogen) atoms. The number of hydrogen-bond acceptors (Lipinski definition) is 7. The summed E-state index contributed by atoms with van der Waals surface area (Å²) in [4.78, 5) is 20.5. The highest BCUT2D eigenvalue weighted by Crippen LogP contribution is 2.32. The van der Waals surface area contributed by atoms with E-state index >= 15 is 0 Å². The molecule has 0 radical (unpaired) electrons. The summed E-state index contributed by atoms with van der Waals surface area (Å²) in [7, 11) is -3.95. The van der Waals surface area contributed by atoms with Crippen LogP contribution < -0.4 is 15.6 Å². The summed E-state index contributed by atoms with van der Waals surface area (Å²) in [6, 6.07) is 3.91. The molecule has 0 spiro atoms. The number of halogens is 4. The molecule has 0 unspecified atom stereocenters. The van der Waals surface area contributed by atoms with Crippen molar-refractivity contribution in [3.63, 3.8) is 0 Å². The Balaban J connectivity index is 1.79. The Labute approximate surface area is 210 Å². The number of aromatic nitrogens is 1. The number of nitrogens with zero attached hydrogens (tertiary/aromatic N) is 2. The lowest BCUT2D eigenvalue weighted by Gasteiger charge is -2.17. The fourth-order valence-electron chi connectivity index (χ4n) is 2.79. The topological polar surface area (TPSA) is 103 Å². The number of sulfonamides is 1. The summed E-state index contributed by atoms with van der Waals surface area (Å²) in [5.41, 5.74) is 1.18. The minimum Gasteiger partial charge on any atom is -0.369 e. The molecule has 0 atom stereocenters. The first kappa shape index (κ1) is 28.8. The first-order valence-corrected chi connectivity index (χ1v) is 12.9. The number of carbonyl (C=O) groups excluding carboxylic acids is 1. The highest BCUT2D eigenvalue weighted by atomic mass is 35.5. The van der Waals surface area contributed by atoms with E-state index in [1.807, 2.05) is 4.90 Å². The first-order chi connectivity index (χ1) is 16.5. The number of hydrogen-bond donors (Lipinski definition) is 3. The maximum atomic E-state index is 12.6. The third-order valence-electron chi connectivity index (χ3n) is 4.42. The van der Waals surface area contributed by atoms with Gasteiger partial charge >= 0.3 is 6.18 Å². The molecule has 192 valence electrons. The highest BCUT2D eigenvalue weighted by Gasteiger charge is 2.31. The predicted molar refractivity (Wildman–Crippen MR) is 130 cm³/mol. The van der Waals surface area contributed by atoms with E-state index in [0.717, 1.165) is 22.3 Å². The van der Waals surface area contributed by atoms with Crippen molar-refractivity contribution in [1.29, 1.82) is 0 Å². The average Bonchev–Trinajstić information content (AvgIpc) is 3.25. The van der Waals surface area contributed by atoms with Crippen molar-refractivity contribution in [2.45, 2.75) is 29.8 Å². The van der Waals surface area contributed by atoms with Crippen LogP contribution in [0.4, 0.5) is 19.0 Å². The molecule has 0 saturated heterocycles. The molecule has 0 saturated carbocycles. The minimum absolute atomic E-state index is 0.0500. The van der Waals surface area contributed by atoms with Crippen LogP contribution in [-0.2, 0) is 27.5 Å². The van der Waals surface area contributed by atoms with E-state index < -0.39 is 27.7 Å². The molecule has 0 aliphatic carbocycles. The molecule has 2 aromatic rings. The fraction of sp³-hybridized carbons (Fsp3) is 0.333. The molecule has 8 nitrogen and oxygen atoms in total. The molecule has 0 aliphatic heterocycles. The molecule has 0 fully saturated rings. The normalized spacial score (nSPS) is 11.9. The van der Waals surface area contributed by atoms with Crippen molar-refractivity contribution in [2.75, 3.05) is 25.0 Å². The van der Waals surface area contributed by atoms with E-state index in [0.29, 0.717) is 25.8 Å². The van der Waals surface area contributed by atoms with Gasteiger partial charge in [0.15, 0.2) is 0 Å². The van der Waals surface area contributed by atoms with Gasteiger partial charge in [-0.05, 0) is 24.6 Å². The Morgan fingerprint density at radius 1 is 1.23 bits per heavy atom. The van der Waals surface area contributed by atoms with Gasteiger partial charge in [0.05, 0.1) is 10.6 Å². The van der Waals surface area contributed by atoms with Crippen molar-refractivity contribution < 1.29 is 26.4 Å². The lowest BCUT2D eigenvalue weighted by atomic mass is 10.2. The number of pyridine rings is 1. The quantitative estimate of drug-likeness (QED) is 0.185. The van der Waals surface area contributed by atoms with Crippen LogP contribution in [0, 0.1) is 0 Å². The molecule has 2 aromatic heterocycles. The number of rotatable bonds is 14. The summed E-state index contributed by atoms with van der Waals surface area (Å²) in [6.45, 7) is 9.34. The van der Waals surface area contributed by atoms with Gasteiger partial charge in [-0.1, -0.05) is 23.8 Å². The van der Waals surface area contributed by atoms with Crippen LogP contribution in [0.15, 0.2) is 53.9 Å². The van der Waals surface area contributed by atoms with Crippen LogP contribution in [-0.4, -0.2) is 43.8 Å². The van der Waals surface area contributed by atoms with E-state index in [-0.39, 0.29) is 34.4 Å². The third-order valence-corrected chi connectivity index (χ3v) is 7.52. The number of nitrogens with one attached hydrogen (secondary N) is 3. The van der Waals surface area contributed by atoms with Gasteiger partial charge in [-0.3, -0.25) is 15.1 Å². The predicted octanol–water partition coefficient (Wildman–Crippen LogP) is 4.19. The molecular formula is C21H25ClF3N5O3S2. The zero-order valence-electron chi connectivity index (χ0n) is 18.6. The molecule has 0 aromatic carbocycles. The second-order valence-electron chi connectivity index (χ2n) is 7.23. The standard InChI is InChI=1S/C21H25ClF3N5O3S2/c1-3-10-30(11-4-2)14-16-7-8-19(34-16)35(32,33)29-28-18(31)6-5-9-26-20-17(22)12-15(13-27-20)21(23,24)25/h3-4,7-8,12-13,29H,1-2,5-6,9-11,14H2,(H,26,27)(H,28,31). The molecule has 3 N–H and O–H groups in total. The van der Waals surface area contributed by atoms with Crippen molar-refractivity contribution in [3.05, 3.63) is 65.2 Å². The van der Waals surface area contributed by atoms with Crippen molar-refractivity contribution in [2.24, 2.45) is 0 Å². The lowest BCUT2D eigenvalue weighted by molar-refractivity contribution is -0.137. The second-order valence-corrected chi connectivity index (χ2v) is 10.7. The van der Waals surface area contributed by atoms with Crippen molar-refractivity contribution in [3.8, 4) is 0 Å². The summed E-state index contributed by atoms with van der Waals surface area (Å²) in [5, 5.41) is 2.53. The van der Waals surface area contributed by atoms with Gasteiger partial charge in [0.2, 0.25) is 5.91 Å². The van der Waals surface area contributed by atoms with Crippen LogP contribution >= 0.6 is 22.9 Å². The van der Waals surface area contributed by atoms with Crippen LogP contribution in [0.25, 0.3) is 0 Å². The Morgan fingerprint density at radius 3 is 2.51 bits per heavy atom. The first-order valence-electron chi connectivity index (χ1n) is 10.3. The van der Waals surface area contributed by atoms with Gasteiger partial charge in [0, 0.05) is 43.7 Å². The maximum absolute atomic E-state index is 12.6. The summed E-state index contributed by atoms with van der Waals surface area (Å²) in [5.74, 6) is -0.532. The van der Waals surface area contributed by atoms with Gasteiger partial charge in [-0.15, -0.1) is 29.3 Å². The molecule has 0 aliphatic rings. The van der Waals surface area contributed by atoms with Crippen LogP contribution in [0.1, 0.15) is 23.3 Å². The van der Waals surface area contributed by atoms with Gasteiger partial charge in [0.25, 0.3) is 10.0 Å². The Kier molecular flexibility index (Phi) is 10.7. The molecular weight excluding hydrogens is 527 g/mol. The summed E-state index contributed by atoms with van der Waals surface area (Å²) < 4.78 is 62.9. The molecule has 14 heteroatoms. The number of anilines is 1. The van der Waals surface area contributed by atoms with Crippen LogP contribution in [0.2, 0.25) is 5.02 Å². The largest absolute Gasteiger partial charge is 0.417 e.